The van der Waals surface area contributed by atoms with E-state index in [1.54, 1.807) is 12.1 Å². The second-order valence-corrected chi connectivity index (χ2v) is 7.02. The van der Waals surface area contributed by atoms with Gasteiger partial charge < -0.3 is 9.88 Å². The van der Waals surface area contributed by atoms with Gasteiger partial charge in [0.05, 0.1) is 4.92 Å². The topological polar surface area (TPSA) is 120 Å². The summed E-state index contributed by atoms with van der Waals surface area (Å²) in [6.45, 7) is 3.94. The van der Waals surface area contributed by atoms with E-state index in [9.17, 15) is 19.7 Å². The van der Waals surface area contributed by atoms with Crippen molar-refractivity contribution in [2.45, 2.75) is 30.4 Å². The van der Waals surface area contributed by atoms with E-state index < -0.39 is 4.92 Å². The molecule has 0 unspecified atom stereocenters. The summed E-state index contributed by atoms with van der Waals surface area (Å²) in [5, 5.41) is 22.7. The lowest BCUT2D eigenvalue weighted by Gasteiger charge is -2.09. The number of hydrogen-bond donors (Lipinski definition) is 1. The number of nitrogens with one attached hydrogen (secondary N) is 1. The van der Waals surface area contributed by atoms with Gasteiger partial charge in [-0.15, -0.1) is 10.2 Å². The van der Waals surface area contributed by atoms with E-state index in [2.05, 4.69) is 15.5 Å². The average Bonchev–Trinajstić information content (AvgIpc) is 3.10. The van der Waals surface area contributed by atoms with Crippen molar-refractivity contribution in [3.8, 4) is 11.4 Å². The van der Waals surface area contributed by atoms with Gasteiger partial charge >= 0.3 is 0 Å². The number of aromatic nitrogens is 3. The second-order valence-electron chi connectivity index (χ2n) is 6.01. The molecule has 0 saturated carbocycles. The van der Waals surface area contributed by atoms with Crippen LogP contribution in [0.4, 0.5) is 11.4 Å². The number of non-ortho nitro benzene ring substituents is 1. The van der Waals surface area contributed by atoms with Crippen LogP contribution in [-0.4, -0.2) is 31.9 Å². The van der Waals surface area contributed by atoms with Crippen molar-refractivity contribution >= 4 is 35.3 Å². The van der Waals surface area contributed by atoms with Crippen LogP contribution in [-0.2, 0) is 11.3 Å². The first kappa shape index (κ1) is 20.2. The Morgan fingerprint density at radius 1 is 1.28 bits per heavy atom. The van der Waals surface area contributed by atoms with E-state index in [0.717, 1.165) is 5.56 Å². The number of aldehydes is 1. The number of rotatable bonds is 7. The summed E-state index contributed by atoms with van der Waals surface area (Å²) in [4.78, 5) is 33.6. The lowest BCUT2D eigenvalue weighted by Crippen LogP contribution is -2.06. The molecule has 3 rings (SSSR count). The summed E-state index contributed by atoms with van der Waals surface area (Å²) >= 11 is 1.21. The standard InChI is InChI=1S/C19H17N5O4S/c1-3-23-18(13-5-4-6-15(9-13)20-12(2)26)21-22-19(23)29-17-8-7-16(24(27)28)10-14(17)11-25/h4-11H,3H2,1-2H3,(H,20,26). The normalized spacial score (nSPS) is 10.6. The van der Waals surface area contributed by atoms with Gasteiger partial charge in [-0.05, 0) is 36.9 Å². The monoisotopic (exact) mass is 411 g/mol. The zero-order valence-corrected chi connectivity index (χ0v) is 16.5. The van der Waals surface area contributed by atoms with Crippen molar-refractivity contribution < 1.29 is 14.5 Å². The Morgan fingerprint density at radius 2 is 2.07 bits per heavy atom. The molecule has 0 fully saturated rings. The van der Waals surface area contributed by atoms with Crippen LogP contribution in [0.25, 0.3) is 11.4 Å². The molecule has 29 heavy (non-hydrogen) atoms. The number of anilines is 1. The van der Waals surface area contributed by atoms with Crippen LogP contribution in [0.1, 0.15) is 24.2 Å². The molecule has 148 valence electrons. The SMILES string of the molecule is CCn1c(Sc2ccc([N+](=O)[O-])cc2C=O)nnc1-c1cccc(NC(C)=O)c1. The summed E-state index contributed by atoms with van der Waals surface area (Å²) in [7, 11) is 0. The largest absolute Gasteiger partial charge is 0.326 e. The number of hydrogen-bond acceptors (Lipinski definition) is 7. The van der Waals surface area contributed by atoms with Crippen LogP contribution in [0.5, 0.6) is 0 Å². The third-order valence-electron chi connectivity index (χ3n) is 4.01. The predicted molar refractivity (Wildman–Crippen MR) is 108 cm³/mol. The van der Waals surface area contributed by atoms with Gasteiger partial charge in [0.15, 0.2) is 17.3 Å². The van der Waals surface area contributed by atoms with Gasteiger partial charge in [0.2, 0.25) is 5.91 Å². The molecule has 1 amide bonds. The lowest BCUT2D eigenvalue weighted by molar-refractivity contribution is -0.384. The fraction of sp³-hybridized carbons (Fsp3) is 0.158. The quantitative estimate of drug-likeness (QED) is 0.357. The number of nitro groups is 1. The lowest BCUT2D eigenvalue weighted by atomic mass is 10.2. The van der Waals surface area contributed by atoms with Gasteiger partial charge in [-0.3, -0.25) is 19.7 Å². The first-order valence-electron chi connectivity index (χ1n) is 8.65. The Kier molecular flexibility index (Phi) is 6.03. The minimum absolute atomic E-state index is 0.149. The van der Waals surface area contributed by atoms with Crippen LogP contribution in [0.15, 0.2) is 52.5 Å². The molecular formula is C19H17N5O4S. The number of nitrogens with zero attached hydrogens (tertiary/aromatic N) is 4. The van der Waals surface area contributed by atoms with Crippen LogP contribution >= 0.6 is 11.8 Å². The molecule has 0 aliphatic heterocycles. The van der Waals surface area contributed by atoms with Crippen LogP contribution < -0.4 is 5.32 Å². The number of amides is 1. The summed E-state index contributed by atoms with van der Waals surface area (Å²) < 4.78 is 1.87. The molecule has 1 aromatic heterocycles. The number of benzene rings is 2. The fourth-order valence-corrected chi connectivity index (χ4v) is 3.70. The summed E-state index contributed by atoms with van der Waals surface area (Å²) in [5.74, 6) is 0.437. The number of carbonyl (C=O) groups excluding carboxylic acids is 2. The van der Waals surface area contributed by atoms with Crippen molar-refractivity contribution in [1.82, 2.24) is 14.8 Å². The van der Waals surface area contributed by atoms with E-state index in [1.165, 1.54) is 36.9 Å². The van der Waals surface area contributed by atoms with Crippen molar-refractivity contribution in [3.63, 3.8) is 0 Å². The molecule has 0 aliphatic rings. The molecule has 0 aliphatic carbocycles. The maximum Gasteiger partial charge on any atom is 0.270 e. The molecule has 0 radical (unpaired) electrons. The summed E-state index contributed by atoms with van der Waals surface area (Å²) in [6.07, 6.45) is 0.583. The Labute approximate surface area is 170 Å². The van der Waals surface area contributed by atoms with Crippen LogP contribution in [0, 0.1) is 10.1 Å². The molecule has 0 saturated heterocycles. The zero-order valence-electron chi connectivity index (χ0n) is 15.7. The molecule has 1 N–H and O–H groups in total. The molecule has 2 aromatic carbocycles. The highest BCUT2D eigenvalue weighted by Gasteiger charge is 2.17. The van der Waals surface area contributed by atoms with Crippen LogP contribution in [0.3, 0.4) is 0 Å². The van der Waals surface area contributed by atoms with Crippen molar-refractivity contribution in [3.05, 3.63) is 58.1 Å². The number of carbonyl (C=O) groups is 2. The minimum atomic E-state index is -0.545. The maximum absolute atomic E-state index is 11.4. The molecule has 0 spiro atoms. The van der Waals surface area contributed by atoms with E-state index in [-0.39, 0.29) is 17.2 Å². The van der Waals surface area contributed by atoms with Gasteiger partial charge in [0.25, 0.3) is 5.69 Å². The smallest absolute Gasteiger partial charge is 0.270 e. The molecular weight excluding hydrogens is 394 g/mol. The van der Waals surface area contributed by atoms with Crippen molar-refractivity contribution in [1.29, 1.82) is 0 Å². The van der Waals surface area contributed by atoms with E-state index in [0.29, 0.717) is 34.4 Å². The summed E-state index contributed by atoms with van der Waals surface area (Å²) in [5.41, 5.74) is 1.48. The first-order valence-corrected chi connectivity index (χ1v) is 9.47. The van der Waals surface area contributed by atoms with Crippen LogP contribution in [0.2, 0.25) is 0 Å². The fourth-order valence-electron chi connectivity index (χ4n) is 2.73. The number of nitro benzene ring substituents is 1. The molecule has 10 heteroatoms. The van der Waals surface area contributed by atoms with Crippen molar-refractivity contribution in [2.75, 3.05) is 5.32 Å². The van der Waals surface area contributed by atoms with Gasteiger partial charge in [-0.1, -0.05) is 12.1 Å². The molecule has 0 bridgehead atoms. The Balaban J connectivity index is 1.96. The van der Waals surface area contributed by atoms with E-state index in [4.69, 9.17) is 0 Å². The predicted octanol–water partition coefficient (Wildman–Crippen LogP) is 3.80. The molecule has 0 atom stereocenters. The third-order valence-corrected chi connectivity index (χ3v) is 5.08. The highest BCUT2D eigenvalue weighted by atomic mass is 32.2. The third kappa shape index (κ3) is 4.49. The zero-order chi connectivity index (χ0) is 21.0. The van der Waals surface area contributed by atoms with Crippen molar-refractivity contribution in [2.24, 2.45) is 0 Å². The Bertz CT molecular complexity index is 1100. The van der Waals surface area contributed by atoms with Gasteiger partial charge in [-0.25, -0.2) is 0 Å². The van der Waals surface area contributed by atoms with E-state index >= 15 is 0 Å². The Morgan fingerprint density at radius 3 is 2.72 bits per heavy atom. The highest BCUT2D eigenvalue weighted by Crippen LogP contribution is 2.33. The maximum atomic E-state index is 11.4. The molecule has 1 heterocycles. The average molecular weight is 411 g/mol. The van der Waals surface area contributed by atoms with Gasteiger partial charge in [0.1, 0.15) is 0 Å². The second kappa shape index (κ2) is 8.65. The first-order chi connectivity index (χ1) is 13.9. The Hall–Kier alpha value is -3.53. The van der Waals surface area contributed by atoms with Gasteiger partial charge in [-0.2, -0.15) is 0 Å². The minimum Gasteiger partial charge on any atom is -0.326 e. The molecule has 3 aromatic rings. The summed E-state index contributed by atoms with van der Waals surface area (Å²) in [6, 6.07) is 11.4. The van der Waals surface area contributed by atoms with E-state index in [1.807, 2.05) is 23.6 Å². The van der Waals surface area contributed by atoms with Gasteiger partial charge in [0, 0.05) is 47.3 Å². The molecule has 9 nitrogen and oxygen atoms in total. The highest BCUT2D eigenvalue weighted by molar-refractivity contribution is 7.99.